The molecule has 0 amide bonds. The van der Waals surface area contributed by atoms with E-state index in [0.717, 1.165) is 18.7 Å². The summed E-state index contributed by atoms with van der Waals surface area (Å²) in [6.45, 7) is 0. The fraction of sp³-hybridized carbons (Fsp3) is 0.769. The van der Waals surface area contributed by atoms with Crippen LogP contribution in [0.15, 0.2) is 4.42 Å². The Balaban J connectivity index is 1.86. The maximum absolute atomic E-state index is 10.4. The largest absolute Gasteiger partial charge is 0.481 e. The maximum atomic E-state index is 10.4. The van der Waals surface area contributed by atoms with Crippen molar-refractivity contribution in [2.45, 2.75) is 63.7 Å². The molecule has 0 spiro atoms. The van der Waals surface area contributed by atoms with Gasteiger partial charge in [0.2, 0.25) is 11.8 Å². The highest BCUT2D eigenvalue weighted by atomic mass is 16.4. The first kappa shape index (κ1) is 13.1. The zero-order valence-corrected chi connectivity index (χ0v) is 10.6. The molecule has 1 fully saturated rings. The Morgan fingerprint density at radius 3 is 2.61 bits per heavy atom. The number of aryl methyl sites for hydroxylation is 1. The second-order valence-electron chi connectivity index (χ2n) is 4.97. The average Bonchev–Trinajstić information content (AvgIpc) is 2.63. The van der Waals surface area contributed by atoms with Crippen LogP contribution in [0.25, 0.3) is 0 Å². The summed E-state index contributed by atoms with van der Waals surface area (Å²) in [7, 11) is 0. The van der Waals surface area contributed by atoms with E-state index >= 15 is 0 Å². The maximum Gasteiger partial charge on any atom is 0.303 e. The zero-order chi connectivity index (χ0) is 12.8. The van der Waals surface area contributed by atoms with Crippen LogP contribution in [0, 0.1) is 0 Å². The molecule has 2 rings (SSSR count). The van der Waals surface area contributed by atoms with Gasteiger partial charge in [0, 0.05) is 18.8 Å². The van der Waals surface area contributed by atoms with Gasteiger partial charge in [-0.15, -0.1) is 10.2 Å². The van der Waals surface area contributed by atoms with Crippen LogP contribution < -0.4 is 0 Å². The molecule has 18 heavy (non-hydrogen) atoms. The van der Waals surface area contributed by atoms with Gasteiger partial charge in [-0.1, -0.05) is 25.7 Å². The van der Waals surface area contributed by atoms with Crippen LogP contribution >= 0.6 is 0 Å². The summed E-state index contributed by atoms with van der Waals surface area (Å²) in [5.41, 5.74) is 0. The van der Waals surface area contributed by atoms with Crippen LogP contribution in [0.2, 0.25) is 0 Å². The van der Waals surface area contributed by atoms with Crippen LogP contribution in [0.3, 0.4) is 0 Å². The highest BCUT2D eigenvalue weighted by Gasteiger charge is 2.20. The Kier molecular flexibility index (Phi) is 4.73. The van der Waals surface area contributed by atoms with Crippen molar-refractivity contribution in [3.05, 3.63) is 11.8 Å². The molecule has 0 unspecified atom stereocenters. The lowest BCUT2D eigenvalue weighted by Gasteiger charge is -2.07. The van der Waals surface area contributed by atoms with Crippen molar-refractivity contribution in [3.8, 4) is 0 Å². The van der Waals surface area contributed by atoms with Crippen molar-refractivity contribution in [1.29, 1.82) is 0 Å². The summed E-state index contributed by atoms with van der Waals surface area (Å²) in [4.78, 5) is 10.4. The molecule has 1 aromatic heterocycles. The molecule has 5 heteroatoms. The molecule has 1 aliphatic rings. The van der Waals surface area contributed by atoms with Gasteiger partial charge in [-0.2, -0.15) is 0 Å². The SMILES string of the molecule is O=C(O)CCCc1nnc(C2CCCCCC2)o1. The fourth-order valence-corrected chi connectivity index (χ4v) is 2.45. The third kappa shape index (κ3) is 3.82. The molecular weight excluding hydrogens is 232 g/mol. The lowest BCUT2D eigenvalue weighted by molar-refractivity contribution is -0.137. The summed E-state index contributed by atoms with van der Waals surface area (Å²) < 4.78 is 5.65. The Morgan fingerprint density at radius 2 is 1.94 bits per heavy atom. The van der Waals surface area contributed by atoms with Gasteiger partial charge in [-0.3, -0.25) is 4.79 Å². The van der Waals surface area contributed by atoms with Crippen molar-refractivity contribution >= 4 is 5.97 Å². The van der Waals surface area contributed by atoms with E-state index in [9.17, 15) is 4.79 Å². The van der Waals surface area contributed by atoms with Crippen molar-refractivity contribution in [3.63, 3.8) is 0 Å². The molecule has 0 aromatic carbocycles. The van der Waals surface area contributed by atoms with E-state index in [4.69, 9.17) is 9.52 Å². The van der Waals surface area contributed by atoms with Gasteiger partial charge >= 0.3 is 5.97 Å². The number of hydrogen-bond acceptors (Lipinski definition) is 4. The summed E-state index contributed by atoms with van der Waals surface area (Å²) >= 11 is 0. The lowest BCUT2D eigenvalue weighted by atomic mass is 10.0. The minimum Gasteiger partial charge on any atom is -0.481 e. The number of carboxylic acid groups (broad SMARTS) is 1. The topological polar surface area (TPSA) is 76.2 Å². The predicted molar refractivity (Wildman–Crippen MR) is 65.3 cm³/mol. The average molecular weight is 252 g/mol. The molecule has 0 aliphatic heterocycles. The molecule has 0 radical (unpaired) electrons. The van der Waals surface area contributed by atoms with Crippen LogP contribution in [0.1, 0.15) is 69.1 Å². The molecule has 0 atom stereocenters. The van der Waals surface area contributed by atoms with Gasteiger partial charge in [0.25, 0.3) is 0 Å². The number of nitrogens with zero attached hydrogens (tertiary/aromatic N) is 2. The first-order valence-electron chi connectivity index (χ1n) is 6.80. The third-order valence-corrected chi connectivity index (χ3v) is 3.47. The predicted octanol–water partition coefficient (Wildman–Crippen LogP) is 2.91. The number of carbonyl (C=O) groups is 1. The van der Waals surface area contributed by atoms with E-state index in [1.165, 1.54) is 25.7 Å². The van der Waals surface area contributed by atoms with E-state index < -0.39 is 5.97 Å². The van der Waals surface area contributed by atoms with Crippen molar-refractivity contribution in [2.24, 2.45) is 0 Å². The summed E-state index contributed by atoms with van der Waals surface area (Å²) in [6.07, 6.45) is 8.62. The van der Waals surface area contributed by atoms with Crippen LogP contribution in [0.5, 0.6) is 0 Å². The number of carboxylic acids is 1. The summed E-state index contributed by atoms with van der Waals surface area (Å²) in [6, 6.07) is 0. The number of aliphatic carboxylic acids is 1. The molecule has 1 saturated carbocycles. The monoisotopic (exact) mass is 252 g/mol. The molecule has 1 N–H and O–H groups in total. The Hall–Kier alpha value is -1.39. The third-order valence-electron chi connectivity index (χ3n) is 3.47. The quantitative estimate of drug-likeness (QED) is 0.815. The second kappa shape index (κ2) is 6.52. The molecule has 5 nitrogen and oxygen atoms in total. The standard InChI is InChI=1S/C13H20N2O3/c16-12(17)9-5-8-11-14-15-13(18-11)10-6-3-1-2-4-7-10/h10H,1-9H2,(H,16,17). The van der Waals surface area contributed by atoms with Gasteiger partial charge in [0.1, 0.15) is 0 Å². The van der Waals surface area contributed by atoms with Gasteiger partial charge < -0.3 is 9.52 Å². The Morgan fingerprint density at radius 1 is 1.22 bits per heavy atom. The zero-order valence-electron chi connectivity index (χ0n) is 10.6. The molecule has 1 aromatic rings. The summed E-state index contributed by atoms with van der Waals surface area (Å²) in [5, 5.41) is 16.7. The van der Waals surface area contributed by atoms with E-state index in [-0.39, 0.29) is 6.42 Å². The van der Waals surface area contributed by atoms with E-state index in [0.29, 0.717) is 24.7 Å². The molecule has 1 heterocycles. The summed E-state index contributed by atoms with van der Waals surface area (Å²) in [5.74, 6) is 0.962. The lowest BCUT2D eigenvalue weighted by Crippen LogP contribution is -1.97. The first-order valence-corrected chi connectivity index (χ1v) is 6.80. The van der Waals surface area contributed by atoms with Crippen LogP contribution in [-0.2, 0) is 11.2 Å². The van der Waals surface area contributed by atoms with Gasteiger partial charge in [-0.25, -0.2) is 0 Å². The van der Waals surface area contributed by atoms with E-state index in [1.807, 2.05) is 0 Å². The first-order chi connectivity index (χ1) is 8.75. The van der Waals surface area contributed by atoms with Crippen molar-refractivity contribution < 1.29 is 14.3 Å². The second-order valence-corrected chi connectivity index (χ2v) is 4.97. The normalized spacial score (nSPS) is 17.6. The van der Waals surface area contributed by atoms with E-state index in [2.05, 4.69) is 10.2 Å². The number of rotatable bonds is 5. The van der Waals surface area contributed by atoms with Gasteiger partial charge in [-0.05, 0) is 19.3 Å². The molecule has 0 saturated heterocycles. The Labute approximate surface area is 107 Å². The van der Waals surface area contributed by atoms with Crippen LogP contribution in [-0.4, -0.2) is 21.3 Å². The molecule has 100 valence electrons. The number of aromatic nitrogens is 2. The van der Waals surface area contributed by atoms with Gasteiger partial charge in [0.05, 0.1) is 0 Å². The smallest absolute Gasteiger partial charge is 0.303 e. The van der Waals surface area contributed by atoms with E-state index in [1.54, 1.807) is 0 Å². The van der Waals surface area contributed by atoms with Crippen LogP contribution in [0.4, 0.5) is 0 Å². The highest BCUT2D eigenvalue weighted by Crippen LogP contribution is 2.30. The minimum absolute atomic E-state index is 0.154. The van der Waals surface area contributed by atoms with Crippen molar-refractivity contribution in [1.82, 2.24) is 10.2 Å². The van der Waals surface area contributed by atoms with Crippen molar-refractivity contribution in [2.75, 3.05) is 0 Å². The number of hydrogen-bond donors (Lipinski definition) is 1. The molecule has 0 bridgehead atoms. The minimum atomic E-state index is -0.779. The van der Waals surface area contributed by atoms with Gasteiger partial charge in [0.15, 0.2) is 0 Å². The highest BCUT2D eigenvalue weighted by molar-refractivity contribution is 5.66. The fourth-order valence-electron chi connectivity index (χ4n) is 2.45. The molecule has 1 aliphatic carbocycles. The molecular formula is C13H20N2O3. The Bertz CT molecular complexity index is 381.